The summed E-state index contributed by atoms with van der Waals surface area (Å²) in [6, 6.07) is 8.16. The van der Waals surface area contributed by atoms with Crippen LogP contribution in [0.1, 0.15) is 49.8 Å². The molecule has 3 rings (SSSR count). The van der Waals surface area contributed by atoms with Crippen molar-refractivity contribution in [2.24, 2.45) is 4.99 Å². The van der Waals surface area contributed by atoms with E-state index in [2.05, 4.69) is 39.7 Å². The number of ether oxygens (including phenoxy) is 1. The largest absolute Gasteiger partial charge is 0.444 e. The summed E-state index contributed by atoms with van der Waals surface area (Å²) in [5.74, 6) is 1.40. The van der Waals surface area contributed by atoms with E-state index in [1.807, 2.05) is 12.1 Å². The van der Waals surface area contributed by atoms with Crippen LogP contribution in [-0.2, 0) is 11.3 Å². The maximum absolute atomic E-state index is 5.96. The zero-order valence-corrected chi connectivity index (χ0v) is 19.8. The molecule has 6 nitrogen and oxygen atoms in total. The minimum atomic E-state index is 0. The number of halogens is 1. The van der Waals surface area contributed by atoms with Crippen molar-refractivity contribution < 1.29 is 9.15 Å². The summed E-state index contributed by atoms with van der Waals surface area (Å²) in [7, 11) is 1.77. The Kier molecular flexibility index (Phi) is 10.5. The quantitative estimate of drug-likeness (QED) is 0.233. The number of aromatic nitrogens is 1. The van der Waals surface area contributed by atoms with E-state index in [0.717, 1.165) is 36.8 Å². The molecule has 1 heterocycles. The number of oxazole rings is 1. The highest BCUT2D eigenvalue weighted by atomic mass is 127. The first-order chi connectivity index (χ1) is 13.7. The van der Waals surface area contributed by atoms with E-state index in [1.165, 1.54) is 37.7 Å². The van der Waals surface area contributed by atoms with Gasteiger partial charge in [0.1, 0.15) is 6.26 Å². The van der Waals surface area contributed by atoms with Crippen molar-refractivity contribution in [3.8, 4) is 11.5 Å². The zero-order chi connectivity index (χ0) is 19.6. The maximum Gasteiger partial charge on any atom is 0.226 e. The van der Waals surface area contributed by atoms with E-state index in [0.29, 0.717) is 18.5 Å². The molecule has 0 radical (unpaired) electrons. The molecule has 29 heavy (non-hydrogen) atoms. The average Bonchev–Trinajstić information content (AvgIpc) is 3.20. The molecule has 1 saturated carbocycles. The first-order valence-electron chi connectivity index (χ1n) is 10.3. The molecule has 2 aromatic rings. The predicted molar refractivity (Wildman–Crippen MR) is 128 cm³/mol. The van der Waals surface area contributed by atoms with Crippen LogP contribution in [0, 0.1) is 6.92 Å². The van der Waals surface area contributed by atoms with Crippen LogP contribution in [0.4, 0.5) is 0 Å². The molecule has 7 heteroatoms. The van der Waals surface area contributed by atoms with E-state index >= 15 is 0 Å². The van der Waals surface area contributed by atoms with Gasteiger partial charge in [-0.15, -0.1) is 24.0 Å². The Morgan fingerprint density at radius 3 is 2.66 bits per heavy atom. The molecule has 0 unspecified atom stereocenters. The Bertz CT molecular complexity index is 740. The molecule has 0 bridgehead atoms. The zero-order valence-electron chi connectivity index (χ0n) is 17.4. The van der Waals surface area contributed by atoms with Gasteiger partial charge in [0, 0.05) is 25.8 Å². The number of rotatable bonds is 8. The topological polar surface area (TPSA) is 71.7 Å². The van der Waals surface area contributed by atoms with Gasteiger partial charge < -0.3 is 19.8 Å². The number of guanidine groups is 1. The number of hydrogen-bond acceptors (Lipinski definition) is 4. The Morgan fingerprint density at radius 1 is 1.17 bits per heavy atom. The lowest BCUT2D eigenvalue weighted by Gasteiger charge is -2.22. The highest BCUT2D eigenvalue weighted by molar-refractivity contribution is 14.0. The monoisotopic (exact) mass is 512 g/mol. The summed E-state index contributed by atoms with van der Waals surface area (Å²) < 4.78 is 11.6. The van der Waals surface area contributed by atoms with Gasteiger partial charge in [-0.3, -0.25) is 4.99 Å². The first kappa shape index (κ1) is 23.7. The summed E-state index contributed by atoms with van der Waals surface area (Å²) >= 11 is 0. The van der Waals surface area contributed by atoms with Gasteiger partial charge in [0.15, 0.2) is 5.96 Å². The van der Waals surface area contributed by atoms with Crippen LogP contribution in [0.2, 0.25) is 0 Å². The van der Waals surface area contributed by atoms with Crippen LogP contribution in [0.25, 0.3) is 11.5 Å². The van der Waals surface area contributed by atoms with Crippen molar-refractivity contribution >= 4 is 29.9 Å². The van der Waals surface area contributed by atoms with Gasteiger partial charge in [0.2, 0.25) is 5.89 Å². The smallest absolute Gasteiger partial charge is 0.226 e. The first-order valence-corrected chi connectivity index (χ1v) is 10.3. The number of nitrogens with one attached hydrogen (secondary N) is 2. The van der Waals surface area contributed by atoms with Crippen LogP contribution < -0.4 is 10.6 Å². The number of benzene rings is 1. The van der Waals surface area contributed by atoms with Gasteiger partial charge in [-0.2, -0.15) is 0 Å². The van der Waals surface area contributed by atoms with Gasteiger partial charge in [-0.25, -0.2) is 4.98 Å². The molecule has 0 aliphatic heterocycles. The molecule has 1 fully saturated rings. The fourth-order valence-corrected chi connectivity index (χ4v) is 3.37. The average molecular weight is 512 g/mol. The predicted octanol–water partition coefficient (Wildman–Crippen LogP) is 4.67. The van der Waals surface area contributed by atoms with Gasteiger partial charge in [-0.05, 0) is 38.3 Å². The SMILES string of the molecule is CN=C(NCCCOC1CCCCC1)NCc1coc(-c2ccc(C)cc2)n1.I. The van der Waals surface area contributed by atoms with Gasteiger partial charge >= 0.3 is 0 Å². The fourth-order valence-electron chi connectivity index (χ4n) is 3.37. The van der Waals surface area contributed by atoms with Crippen LogP contribution in [0.5, 0.6) is 0 Å². The standard InChI is InChI=1S/C22H32N4O2.HI/c1-17-9-11-18(12-10-17)21-26-19(16-28-21)15-25-22(23-2)24-13-6-14-27-20-7-4-3-5-8-20;/h9-12,16,20H,3-8,13-15H2,1-2H3,(H2,23,24,25);1H. The minimum absolute atomic E-state index is 0. The molecular weight excluding hydrogens is 479 g/mol. The Labute approximate surface area is 190 Å². The van der Waals surface area contributed by atoms with E-state index < -0.39 is 0 Å². The molecule has 1 aromatic heterocycles. The lowest BCUT2D eigenvalue weighted by atomic mass is 9.98. The highest BCUT2D eigenvalue weighted by Gasteiger charge is 2.13. The summed E-state index contributed by atoms with van der Waals surface area (Å²) in [5, 5.41) is 6.60. The van der Waals surface area contributed by atoms with Gasteiger partial charge in [0.25, 0.3) is 0 Å². The van der Waals surface area contributed by atoms with E-state index in [4.69, 9.17) is 9.15 Å². The molecule has 1 aliphatic rings. The molecular formula is C22H33IN4O2. The van der Waals surface area contributed by atoms with Crippen molar-refractivity contribution in [1.82, 2.24) is 15.6 Å². The summed E-state index contributed by atoms with van der Waals surface area (Å²) in [5.41, 5.74) is 3.05. The van der Waals surface area contributed by atoms with Crippen molar-refractivity contribution in [1.29, 1.82) is 0 Å². The van der Waals surface area contributed by atoms with Crippen molar-refractivity contribution in [3.63, 3.8) is 0 Å². The summed E-state index contributed by atoms with van der Waals surface area (Å²) in [6.45, 7) is 4.26. The third kappa shape index (κ3) is 7.97. The molecule has 160 valence electrons. The van der Waals surface area contributed by atoms with Crippen molar-refractivity contribution in [2.45, 2.75) is 58.1 Å². The molecule has 0 spiro atoms. The number of nitrogens with zero attached hydrogens (tertiary/aromatic N) is 2. The second-order valence-electron chi connectivity index (χ2n) is 7.35. The molecule has 1 aromatic carbocycles. The molecule has 0 atom stereocenters. The number of aryl methyl sites for hydroxylation is 1. The van der Waals surface area contributed by atoms with E-state index in [1.54, 1.807) is 13.3 Å². The van der Waals surface area contributed by atoms with Crippen LogP contribution in [-0.4, -0.2) is 37.2 Å². The molecule has 0 amide bonds. The molecule has 1 aliphatic carbocycles. The second-order valence-corrected chi connectivity index (χ2v) is 7.35. The van der Waals surface area contributed by atoms with Gasteiger partial charge in [-0.1, -0.05) is 37.0 Å². The Morgan fingerprint density at radius 2 is 1.93 bits per heavy atom. The van der Waals surface area contributed by atoms with Gasteiger partial charge in [0.05, 0.1) is 18.3 Å². The second kappa shape index (κ2) is 12.8. The third-order valence-corrected chi connectivity index (χ3v) is 5.03. The van der Waals surface area contributed by atoms with E-state index in [9.17, 15) is 0 Å². The molecule has 2 N–H and O–H groups in total. The Hall–Kier alpha value is -1.61. The molecule has 0 saturated heterocycles. The minimum Gasteiger partial charge on any atom is -0.444 e. The number of aliphatic imine (C=N–C) groups is 1. The Balaban J connectivity index is 0.00000300. The number of hydrogen-bond donors (Lipinski definition) is 2. The van der Waals surface area contributed by atoms with Crippen molar-refractivity contribution in [3.05, 3.63) is 41.8 Å². The summed E-state index contributed by atoms with van der Waals surface area (Å²) in [6.07, 6.45) is 9.56. The summed E-state index contributed by atoms with van der Waals surface area (Å²) in [4.78, 5) is 8.81. The van der Waals surface area contributed by atoms with Crippen LogP contribution in [0.15, 0.2) is 39.9 Å². The van der Waals surface area contributed by atoms with Crippen LogP contribution >= 0.6 is 24.0 Å². The lowest BCUT2D eigenvalue weighted by Crippen LogP contribution is -2.37. The maximum atomic E-state index is 5.96. The normalized spacial score (nSPS) is 15.0. The fraction of sp³-hybridized carbons (Fsp3) is 0.545. The third-order valence-electron chi connectivity index (χ3n) is 5.03. The van der Waals surface area contributed by atoms with Crippen molar-refractivity contribution in [2.75, 3.05) is 20.2 Å². The van der Waals surface area contributed by atoms with Crippen LogP contribution in [0.3, 0.4) is 0 Å². The highest BCUT2D eigenvalue weighted by Crippen LogP contribution is 2.20. The lowest BCUT2D eigenvalue weighted by molar-refractivity contribution is 0.0277. The van der Waals surface area contributed by atoms with E-state index in [-0.39, 0.29) is 24.0 Å².